The quantitative estimate of drug-likeness (QED) is 0.788. The predicted octanol–water partition coefficient (Wildman–Crippen LogP) is 2.42. The second-order valence-corrected chi connectivity index (χ2v) is 5.64. The zero-order valence-electron chi connectivity index (χ0n) is 13.5. The second kappa shape index (κ2) is 7.23. The van der Waals surface area contributed by atoms with E-state index in [-0.39, 0.29) is 17.7 Å². The largest absolute Gasteiger partial charge is 0.385 e. The first-order valence-corrected chi connectivity index (χ1v) is 7.43. The number of carbonyl (C=O) groups is 2. The molecule has 24 heavy (non-hydrogen) atoms. The van der Waals surface area contributed by atoms with Gasteiger partial charge in [-0.15, -0.1) is 0 Å². The lowest BCUT2D eigenvalue weighted by Crippen LogP contribution is -2.28. The molecule has 0 saturated carbocycles. The van der Waals surface area contributed by atoms with Crippen molar-refractivity contribution in [2.75, 3.05) is 12.4 Å². The lowest BCUT2D eigenvalue weighted by Gasteiger charge is -2.23. The fraction of sp³-hybridized carbons (Fsp3) is 0.222. The van der Waals surface area contributed by atoms with Crippen LogP contribution >= 0.6 is 0 Å². The zero-order valence-corrected chi connectivity index (χ0v) is 13.5. The molecule has 0 fully saturated rings. The summed E-state index contributed by atoms with van der Waals surface area (Å²) in [5.74, 6) is -1.71. The number of halogens is 1. The molecular weight excluding hydrogens is 311 g/mol. The molecule has 0 spiro atoms. The topological polar surface area (TPSA) is 78.4 Å². The van der Waals surface area contributed by atoms with E-state index in [0.717, 1.165) is 6.07 Å². The SMILES string of the molecule is CNC(=O)c1cc(NC(=O)C[C@](C)(O)c2ccccc2)ccc1F. The number of rotatable bonds is 5. The van der Waals surface area contributed by atoms with Crippen molar-refractivity contribution in [3.8, 4) is 0 Å². The Balaban J connectivity index is 2.11. The van der Waals surface area contributed by atoms with Gasteiger partial charge in [0.15, 0.2) is 0 Å². The van der Waals surface area contributed by atoms with Gasteiger partial charge in [-0.25, -0.2) is 4.39 Å². The van der Waals surface area contributed by atoms with E-state index in [1.54, 1.807) is 31.2 Å². The highest BCUT2D eigenvalue weighted by Gasteiger charge is 2.26. The van der Waals surface area contributed by atoms with E-state index >= 15 is 0 Å². The molecule has 126 valence electrons. The highest BCUT2D eigenvalue weighted by atomic mass is 19.1. The van der Waals surface area contributed by atoms with Crippen LogP contribution in [0.3, 0.4) is 0 Å². The van der Waals surface area contributed by atoms with Crippen molar-refractivity contribution in [2.45, 2.75) is 18.9 Å². The van der Waals surface area contributed by atoms with Crippen LogP contribution in [0.25, 0.3) is 0 Å². The number of hydrogen-bond donors (Lipinski definition) is 3. The van der Waals surface area contributed by atoms with Crippen molar-refractivity contribution in [3.05, 3.63) is 65.5 Å². The van der Waals surface area contributed by atoms with Gasteiger partial charge < -0.3 is 15.7 Å². The van der Waals surface area contributed by atoms with Gasteiger partial charge in [-0.3, -0.25) is 9.59 Å². The number of aliphatic hydroxyl groups is 1. The molecule has 2 rings (SSSR count). The van der Waals surface area contributed by atoms with Crippen LogP contribution in [0.4, 0.5) is 10.1 Å². The fourth-order valence-electron chi connectivity index (χ4n) is 2.33. The molecule has 0 bridgehead atoms. The van der Waals surface area contributed by atoms with Crippen molar-refractivity contribution >= 4 is 17.5 Å². The van der Waals surface area contributed by atoms with Crippen LogP contribution in [0.15, 0.2) is 48.5 Å². The zero-order chi connectivity index (χ0) is 17.7. The molecule has 3 N–H and O–H groups in total. The molecule has 0 aliphatic carbocycles. The van der Waals surface area contributed by atoms with Crippen molar-refractivity contribution in [3.63, 3.8) is 0 Å². The summed E-state index contributed by atoms with van der Waals surface area (Å²) >= 11 is 0. The maximum Gasteiger partial charge on any atom is 0.254 e. The monoisotopic (exact) mass is 330 g/mol. The van der Waals surface area contributed by atoms with Crippen molar-refractivity contribution < 1.29 is 19.1 Å². The normalized spacial score (nSPS) is 13.0. The fourth-order valence-corrected chi connectivity index (χ4v) is 2.33. The van der Waals surface area contributed by atoms with E-state index in [9.17, 15) is 19.1 Å². The first-order valence-electron chi connectivity index (χ1n) is 7.43. The molecule has 2 aromatic rings. The third-order valence-electron chi connectivity index (χ3n) is 3.62. The average molecular weight is 330 g/mol. The first-order chi connectivity index (χ1) is 11.3. The van der Waals surface area contributed by atoms with E-state index in [0.29, 0.717) is 5.56 Å². The average Bonchev–Trinajstić information content (AvgIpc) is 2.56. The first kappa shape index (κ1) is 17.6. The van der Waals surface area contributed by atoms with Crippen molar-refractivity contribution in [1.82, 2.24) is 5.32 Å². The summed E-state index contributed by atoms with van der Waals surface area (Å²) in [4.78, 5) is 23.8. The molecule has 0 saturated heterocycles. The Labute approximate surface area is 139 Å². The Morgan fingerprint density at radius 1 is 1.17 bits per heavy atom. The van der Waals surface area contributed by atoms with Gasteiger partial charge in [0.1, 0.15) is 5.82 Å². The van der Waals surface area contributed by atoms with Crippen LogP contribution < -0.4 is 10.6 Å². The summed E-state index contributed by atoms with van der Waals surface area (Å²) in [5.41, 5.74) is -0.603. The molecule has 0 unspecified atom stereocenters. The maximum atomic E-state index is 13.6. The van der Waals surface area contributed by atoms with Gasteiger partial charge in [0, 0.05) is 12.7 Å². The number of anilines is 1. The summed E-state index contributed by atoms with van der Waals surface area (Å²) < 4.78 is 13.6. The number of carbonyl (C=O) groups excluding carboxylic acids is 2. The van der Waals surface area contributed by atoms with Crippen LogP contribution in [0.2, 0.25) is 0 Å². The standard InChI is InChI=1S/C18H19FN2O3/c1-18(24,12-6-4-3-5-7-12)11-16(22)21-13-8-9-15(19)14(10-13)17(23)20-2/h3-10,24H,11H2,1-2H3,(H,20,23)(H,21,22)/t18-/m0/s1. The third kappa shape index (κ3) is 4.17. The second-order valence-electron chi connectivity index (χ2n) is 5.64. The molecule has 0 aliphatic rings. The predicted molar refractivity (Wildman–Crippen MR) is 89.0 cm³/mol. The Morgan fingerprint density at radius 2 is 1.83 bits per heavy atom. The van der Waals surface area contributed by atoms with Gasteiger partial charge in [0.25, 0.3) is 5.91 Å². The molecule has 2 amide bonds. The molecule has 6 heteroatoms. The minimum atomic E-state index is -1.34. The van der Waals surface area contributed by atoms with Gasteiger partial charge >= 0.3 is 0 Å². The highest BCUT2D eigenvalue weighted by molar-refractivity contribution is 5.97. The smallest absolute Gasteiger partial charge is 0.254 e. The van der Waals surface area contributed by atoms with Gasteiger partial charge in [-0.05, 0) is 30.7 Å². The molecule has 0 aromatic heterocycles. The molecule has 2 aromatic carbocycles. The molecular formula is C18H19FN2O3. The summed E-state index contributed by atoms with van der Waals surface area (Å²) in [6, 6.07) is 12.5. The van der Waals surface area contributed by atoms with Crippen LogP contribution in [0.1, 0.15) is 29.3 Å². The minimum absolute atomic E-state index is 0.162. The number of nitrogens with one attached hydrogen (secondary N) is 2. The summed E-state index contributed by atoms with van der Waals surface area (Å²) in [6.07, 6.45) is -0.177. The summed E-state index contributed by atoms with van der Waals surface area (Å²) in [7, 11) is 1.39. The molecule has 0 radical (unpaired) electrons. The van der Waals surface area contributed by atoms with Gasteiger partial charge in [0.2, 0.25) is 5.91 Å². The Hall–Kier alpha value is -2.73. The molecule has 0 aliphatic heterocycles. The molecule has 5 nitrogen and oxygen atoms in total. The van der Waals surface area contributed by atoms with E-state index in [2.05, 4.69) is 10.6 Å². The van der Waals surface area contributed by atoms with Crippen LogP contribution in [0, 0.1) is 5.82 Å². The number of benzene rings is 2. The van der Waals surface area contributed by atoms with Crippen molar-refractivity contribution in [2.24, 2.45) is 0 Å². The van der Waals surface area contributed by atoms with Crippen LogP contribution in [-0.4, -0.2) is 24.0 Å². The molecule has 1 atom stereocenters. The summed E-state index contributed by atoms with van der Waals surface area (Å²) in [6.45, 7) is 1.54. The number of hydrogen-bond acceptors (Lipinski definition) is 3. The van der Waals surface area contributed by atoms with Crippen molar-refractivity contribution in [1.29, 1.82) is 0 Å². The van der Waals surface area contributed by atoms with Crippen LogP contribution in [-0.2, 0) is 10.4 Å². The Bertz CT molecular complexity index is 745. The van der Waals surface area contributed by atoms with Gasteiger partial charge in [-0.1, -0.05) is 30.3 Å². The van der Waals surface area contributed by atoms with Gasteiger partial charge in [-0.2, -0.15) is 0 Å². The lowest BCUT2D eigenvalue weighted by atomic mass is 9.92. The van der Waals surface area contributed by atoms with E-state index in [4.69, 9.17) is 0 Å². The van der Waals surface area contributed by atoms with Gasteiger partial charge in [0.05, 0.1) is 17.6 Å². The molecule has 0 heterocycles. The Morgan fingerprint density at radius 3 is 2.46 bits per heavy atom. The maximum absolute atomic E-state index is 13.6. The lowest BCUT2D eigenvalue weighted by molar-refractivity contribution is -0.120. The number of amides is 2. The third-order valence-corrected chi connectivity index (χ3v) is 3.62. The summed E-state index contributed by atoms with van der Waals surface area (Å²) in [5, 5.41) is 15.4. The highest BCUT2D eigenvalue weighted by Crippen LogP contribution is 2.25. The van der Waals surface area contributed by atoms with Crippen LogP contribution in [0.5, 0.6) is 0 Å². The minimum Gasteiger partial charge on any atom is -0.385 e. The van der Waals surface area contributed by atoms with E-state index < -0.39 is 23.2 Å². The van der Waals surface area contributed by atoms with E-state index in [1.165, 1.54) is 19.2 Å². The van der Waals surface area contributed by atoms with E-state index in [1.807, 2.05) is 6.07 Å². The Kier molecular flexibility index (Phi) is 5.31.